The van der Waals surface area contributed by atoms with Crippen molar-refractivity contribution in [2.45, 2.75) is 57.8 Å². The highest BCUT2D eigenvalue weighted by Crippen LogP contribution is 2.19. The normalized spacial score (nSPS) is 13.3. The molecule has 3 nitrogen and oxygen atoms in total. The number of aryl methyl sites for hydroxylation is 1. The van der Waals surface area contributed by atoms with E-state index in [1.54, 1.807) is 24.3 Å². The Kier molecular flexibility index (Phi) is 7.24. The molecule has 1 atom stereocenters. The maximum Gasteiger partial charge on any atom is 0.296 e. The molecule has 0 radical (unpaired) electrons. The highest BCUT2D eigenvalue weighted by molar-refractivity contribution is 7.86. The molecule has 0 N–H and O–H groups in total. The van der Waals surface area contributed by atoms with Crippen LogP contribution < -0.4 is 0 Å². The van der Waals surface area contributed by atoms with Gasteiger partial charge in [-0.1, -0.05) is 50.8 Å². The Bertz CT molecular complexity index is 477. The molecule has 1 rings (SSSR count). The van der Waals surface area contributed by atoms with E-state index in [4.69, 9.17) is 4.18 Å². The third-order valence-corrected chi connectivity index (χ3v) is 4.73. The number of hydrogen-bond donors (Lipinski definition) is 0. The summed E-state index contributed by atoms with van der Waals surface area (Å²) in [5.74, 6) is 0.333. The first kappa shape index (κ1) is 17.2. The van der Waals surface area contributed by atoms with Gasteiger partial charge in [-0.3, -0.25) is 4.18 Å². The maximum absolute atomic E-state index is 12.1. The maximum atomic E-state index is 12.1. The molecular formula is C16H26O3S. The zero-order valence-electron chi connectivity index (χ0n) is 12.8. The molecule has 0 amide bonds. The summed E-state index contributed by atoms with van der Waals surface area (Å²) in [7, 11) is -3.62. The van der Waals surface area contributed by atoms with Crippen LogP contribution in [0.2, 0.25) is 0 Å². The van der Waals surface area contributed by atoms with Gasteiger partial charge < -0.3 is 0 Å². The molecule has 0 saturated carbocycles. The fourth-order valence-electron chi connectivity index (χ4n) is 2.17. The summed E-state index contributed by atoms with van der Waals surface area (Å²) in [6, 6.07) is 6.78. The summed E-state index contributed by atoms with van der Waals surface area (Å²) in [4.78, 5) is 0.244. The second kappa shape index (κ2) is 8.42. The Morgan fingerprint density at radius 3 is 2.25 bits per heavy atom. The molecule has 1 unspecified atom stereocenters. The predicted molar refractivity (Wildman–Crippen MR) is 82.2 cm³/mol. The van der Waals surface area contributed by atoms with Crippen LogP contribution in [0.5, 0.6) is 0 Å². The van der Waals surface area contributed by atoms with Crippen LogP contribution >= 0.6 is 0 Å². The first-order valence-electron chi connectivity index (χ1n) is 7.45. The Hall–Kier alpha value is -0.870. The van der Waals surface area contributed by atoms with Crippen LogP contribution in [0.3, 0.4) is 0 Å². The summed E-state index contributed by atoms with van der Waals surface area (Å²) in [5, 5.41) is 0. The van der Waals surface area contributed by atoms with Gasteiger partial charge in [0.1, 0.15) is 0 Å². The minimum atomic E-state index is -3.62. The Labute approximate surface area is 123 Å². The van der Waals surface area contributed by atoms with E-state index in [0.717, 1.165) is 37.7 Å². The van der Waals surface area contributed by atoms with E-state index in [0.29, 0.717) is 12.5 Å². The van der Waals surface area contributed by atoms with Crippen molar-refractivity contribution in [2.24, 2.45) is 5.92 Å². The van der Waals surface area contributed by atoms with Crippen molar-refractivity contribution in [3.05, 3.63) is 29.8 Å². The van der Waals surface area contributed by atoms with Gasteiger partial charge in [0.15, 0.2) is 0 Å². The second-order valence-electron chi connectivity index (χ2n) is 5.35. The molecule has 0 fully saturated rings. The molecule has 0 heterocycles. The third-order valence-electron chi connectivity index (χ3n) is 3.43. The van der Waals surface area contributed by atoms with Crippen molar-refractivity contribution in [3.8, 4) is 0 Å². The van der Waals surface area contributed by atoms with Crippen LogP contribution in [0.4, 0.5) is 0 Å². The number of hydrogen-bond acceptors (Lipinski definition) is 3. The third kappa shape index (κ3) is 5.63. The fourth-order valence-corrected chi connectivity index (χ4v) is 3.15. The predicted octanol–water partition coefficient (Wildman–Crippen LogP) is 4.31. The minimum absolute atomic E-state index is 0.244. The van der Waals surface area contributed by atoms with E-state index < -0.39 is 10.1 Å². The number of unbranched alkanes of at least 4 members (excludes halogenated alkanes) is 1. The lowest BCUT2D eigenvalue weighted by atomic mass is 9.98. The highest BCUT2D eigenvalue weighted by atomic mass is 32.2. The van der Waals surface area contributed by atoms with E-state index in [1.807, 2.05) is 6.92 Å². The van der Waals surface area contributed by atoms with Gasteiger partial charge >= 0.3 is 0 Å². The molecule has 0 bridgehead atoms. The van der Waals surface area contributed by atoms with Crippen molar-refractivity contribution in [1.29, 1.82) is 0 Å². The van der Waals surface area contributed by atoms with Crippen molar-refractivity contribution < 1.29 is 12.6 Å². The van der Waals surface area contributed by atoms with Crippen molar-refractivity contribution in [2.75, 3.05) is 6.61 Å². The molecule has 0 spiro atoms. The quantitative estimate of drug-likeness (QED) is 0.638. The van der Waals surface area contributed by atoms with Gasteiger partial charge in [0.2, 0.25) is 0 Å². The van der Waals surface area contributed by atoms with E-state index in [9.17, 15) is 8.42 Å². The molecule has 114 valence electrons. The Morgan fingerprint density at radius 1 is 1.05 bits per heavy atom. The van der Waals surface area contributed by atoms with Crippen LogP contribution in [0, 0.1) is 12.8 Å². The molecule has 4 heteroatoms. The highest BCUT2D eigenvalue weighted by Gasteiger charge is 2.17. The Morgan fingerprint density at radius 2 is 1.70 bits per heavy atom. The van der Waals surface area contributed by atoms with Crippen molar-refractivity contribution in [1.82, 2.24) is 0 Å². The lowest BCUT2D eigenvalue weighted by Gasteiger charge is -2.15. The summed E-state index contributed by atoms with van der Waals surface area (Å²) >= 11 is 0. The second-order valence-corrected chi connectivity index (χ2v) is 6.96. The smallest absolute Gasteiger partial charge is 0.266 e. The van der Waals surface area contributed by atoms with E-state index in [2.05, 4.69) is 13.8 Å². The van der Waals surface area contributed by atoms with E-state index in [-0.39, 0.29) is 4.90 Å². The zero-order chi connectivity index (χ0) is 15.0. The summed E-state index contributed by atoms with van der Waals surface area (Å²) < 4.78 is 29.4. The topological polar surface area (TPSA) is 43.4 Å². The molecule has 1 aromatic rings. The SMILES string of the molecule is CCCCC(CCC)COS(=O)(=O)c1ccc(C)cc1. The van der Waals surface area contributed by atoms with Crippen LogP contribution in [0.15, 0.2) is 29.2 Å². The average Bonchev–Trinajstić information content (AvgIpc) is 2.42. The van der Waals surface area contributed by atoms with Crippen LogP contribution in [0.25, 0.3) is 0 Å². The average molecular weight is 298 g/mol. The van der Waals surface area contributed by atoms with E-state index in [1.165, 1.54) is 0 Å². The lowest BCUT2D eigenvalue weighted by Crippen LogP contribution is -2.15. The van der Waals surface area contributed by atoms with E-state index >= 15 is 0 Å². The molecular weight excluding hydrogens is 272 g/mol. The van der Waals surface area contributed by atoms with Crippen molar-refractivity contribution >= 4 is 10.1 Å². The molecule has 0 aliphatic heterocycles. The van der Waals surface area contributed by atoms with Gasteiger partial charge in [-0.15, -0.1) is 0 Å². The lowest BCUT2D eigenvalue weighted by molar-refractivity contribution is 0.233. The first-order valence-corrected chi connectivity index (χ1v) is 8.86. The van der Waals surface area contributed by atoms with Gasteiger partial charge in [0, 0.05) is 0 Å². The van der Waals surface area contributed by atoms with Gasteiger partial charge in [-0.25, -0.2) is 0 Å². The fraction of sp³-hybridized carbons (Fsp3) is 0.625. The standard InChI is InChI=1S/C16H26O3S/c1-4-6-8-15(7-5-2)13-19-20(17,18)16-11-9-14(3)10-12-16/h9-12,15H,4-8,13H2,1-3H3. The molecule has 20 heavy (non-hydrogen) atoms. The van der Waals surface area contributed by atoms with Crippen LogP contribution in [-0.2, 0) is 14.3 Å². The number of benzene rings is 1. The van der Waals surface area contributed by atoms with Gasteiger partial charge in [-0.2, -0.15) is 8.42 Å². The van der Waals surface area contributed by atoms with Gasteiger partial charge in [-0.05, 0) is 37.8 Å². The molecule has 0 aliphatic rings. The minimum Gasteiger partial charge on any atom is -0.266 e. The molecule has 0 saturated heterocycles. The monoisotopic (exact) mass is 298 g/mol. The van der Waals surface area contributed by atoms with Crippen LogP contribution in [0.1, 0.15) is 51.5 Å². The van der Waals surface area contributed by atoms with Gasteiger partial charge in [0.25, 0.3) is 10.1 Å². The number of rotatable bonds is 9. The first-order chi connectivity index (χ1) is 9.49. The van der Waals surface area contributed by atoms with Crippen LogP contribution in [-0.4, -0.2) is 15.0 Å². The zero-order valence-corrected chi connectivity index (χ0v) is 13.6. The summed E-state index contributed by atoms with van der Waals surface area (Å²) in [6.45, 7) is 6.49. The molecule has 1 aromatic carbocycles. The van der Waals surface area contributed by atoms with Crippen molar-refractivity contribution in [3.63, 3.8) is 0 Å². The molecule has 0 aliphatic carbocycles. The van der Waals surface area contributed by atoms with Gasteiger partial charge in [0.05, 0.1) is 11.5 Å². The summed E-state index contributed by atoms with van der Waals surface area (Å²) in [5.41, 5.74) is 1.04. The Balaban J connectivity index is 2.62. The largest absolute Gasteiger partial charge is 0.296 e. The summed E-state index contributed by atoms with van der Waals surface area (Å²) in [6.07, 6.45) is 5.36. The molecule has 0 aromatic heterocycles.